The van der Waals surface area contributed by atoms with Gasteiger partial charge in [0.15, 0.2) is 5.76 Å². The first-order valence-electron chi connectivity index (χ1n) is 7.18. The van der Waals surface area contributed by atoms with E-state index in [1.807, 2.05) is 24.3 Å². The summed E-state index contributed by atoms with van der Waals surface area (Å²) in [4.78, 5) is 6.73. The SMILES string of the molecule is CC1CN(Cc2ncc(-c3ccc(Cl)cc3)o2)C(C)CO1. The van der Waals surface area contributed by atoms with Gasteiger partial charge >= 0.3 is 0 Å². The summed E-state index contributed by atoms with van der Waals surface area (Å²) in [7, 11) is 0. The molecule has 0 N–H and O–H groups in total. The third kappa shape index (κ3) is 3.46. The third-order valence-corrected chi connectivity index (χ3v) is 4.01. The van der Waals surface area contributed by atoms with Crippen LogP contribution in [0.3, 0.4) is 0 Å². The van der Waals surface area contributed by atoms with Crippen LogP contribution in [0, 0.1) is 0 Å². The fourth-order valence-corrected chi connectivity index (χ4v) is 2.62. The first kappa shape index (κ1) is 14.6. The van der Waals surface area contributed by atoms with Crippen LogP contribution in [0.25, 0.3) is 11.3 Å². The molecule has 0 aliphatic carbocycles. The second-order valence-electron chi connectivity index (χ2n) is 5.55. The zero-order valence-electron chi connectivity index (χ0n) is 12.3. The molecular formula is C16H19ClN2O2. The predicted molar refractivity (Wildman–Crippen MR) is 82.2 cm³/mol. The van der Waals surface area contributed by atoms with E-state index in [1.54, 1.807) is 6.20 Å². The molecule has 3 rings (SSSR count). The number of rotatable bonds is 3. The summed E-state index contributed by atoms with van der Waals surface area (Å²) < 4.78 is 11.5. The summed E-state index contributed by atoms with van der Waals surface area (Å²) in [5.41, 5.74) is 0.988. The highest BCUT2D eigenvalue weighted by Crippen LogP contribution is 2.23. The van der Waals surface area contributed by atoms with Crippen LogP contribution in [-0.2, 0) is 11.3 Å². The molecule has 0 radical (unpaired) electrons. The van der Waals surface area contributed by atoms with Gasteiger partial charge < -0.3 is 9.15 Å². The first-order valence-corrected chi connectivity index (χ1v) is 7.56. The molecule has 0 amide bonds. The molecule has 2 heterocycles. The molecule has 0 bridgehead atoms. The zero-order chi connectivity index (χ0) is 14.8. The molecule has 1 fully saturated rings. The summed E-state index contributed by atoms with van der Waals surface area (Å²) in [5, 5.41) is 0.717. The Kier molecular flexibility index (Phi) is 4.29. The van der Waals surface area contributed by atoms with Crippen LogP contribution in [0.1, 0.15) is 19.7 Å². The van der Waals surface area contributed by atoms with Crippen LogP contribution < -0.4 is 0 Å². The van der Waals surface area contributed by atoms with Crippen molar-refractivity contribution in [3.05, 3.63) is 41.4 Å². The van der Waals surface area contributed by atoms with E-state index >= 15 is 0 Å². The quantitative estimate of drug-likeness (QED) is 0.868. The van der Waals surface area contributed by atoms with Gasteiger partial charge in [-0.1, -0.05) is 11.6 Å². The Hall–Kier alpha value is -1.36. The molecule has 2 aromatic rings. The Morgan fingerprint density at radius 3 is 2.81 bits per heavy atom. The number of hydrogen-bond acceptors (Lipinski definition) is 4. The molecule has 2 unspecified atom stereocenters. The average molecular weight is 307 g/mol. The lowest BCUT2D eigenvalue weighted by molar-refractivity contribution is -0.0550. The first-order chi connectivity index (χ1) is 10.1. The third-order valence-electron chi connectivity index (χ3n) is 3.76. The molecule has 2 atom stereocenters. The minimum atomic E-state index is 0.256. The van der Waals surface area contributed by atoms with Gasteiger partial charge in [-0.25, -0.2) is 4.98 Å². The molecule has 1 aromatic carbocycles. The lowest BCUT2D eigenvalue weighted by Gasteiger charge is -2.35. The van der Waals surface area contributed by atoms with Gasteiger partial charge in [0.2, 0.25) is 5.89 Å². The maximum Gasteiger partial charge on any atom is 0.209 e. The van der Waals surface area contributed by atoms with E-state index < -0.39 is 0 Å². The number of ether oxygens (including phenoxy) is 1. The van der Waals surface area contributed by atoms with E-state index in [0.717, 1.165) is 35.4 Å². The van der Waals surface area contributed by atoms with Crippen molar-refractivity contribution in [3.63, 3.8) is 0 Å². The van der Waals surface area contributed by atoms with Gasteiger partial charge in [-0.3, -0.25) is 4.90 Å². The molecule has 0 saturated carbocycles. The van der Waals surface area contributed by atoms with Crippen molar-refractivity contribution in [2.75, 3.05) is 13.2 Å². The Balaban J connectivity index is 1.71. The predicted octanol–water partition coefficient (Wildman–Crippen LogP) is 3.60. The van der Waals surface area contributed by atoms with E-state index in [1.165, 1.54) is 0 Å². The molecule has 0 spiro atoms. The second kappa shape index (κ2) is 6.18. The van der Waals surface area contributed by atoms with Crippen LogP contribution in [0.4, 0.5) is 0 Å². The van der Waals surface area contributed by atoms with E-state index in [4.69, 9.17) is 20.8 Å². The molecule has 1 aromatic heterocycles. The summed E-state index contributed by atoms with van der Waals surface area (Å²) in [5.74, 6) is 1.51. The van der Waals surface area contributed by atoms with Gasteiger partial charge in [-0.15, -0.1) is 0 Å². The molecule has 1 aliphatic rings. The molecule has 21 heavy (non-hydrogen) atoms. The van der Waals surface area contributed by atoms with E-state index in [2.05, 4.69) is 23.7 Å². The molecule has 112 valence electrons. The molecule has 1 saturated heterocycles. The minimum absolute atomic E-state index is 0.256. The second-order valence-corrected chi connectivity index (χ2v) is 5.98. The Morgan fingerprint density at radius 1 is 1.29 bits per heavy atom. The van der Waals surface area contributed by atoms with Crippen molar-refractivity contribution in [3.8, 4) is 11.3 Å². The molecule has 4 nitrogen and oxygen atoms in total. The number of aromatic nitrogens is 1. The number of nitrogens with zero attached hydrogens (tertiary/aromatic N) is 2. The van der Waals surface area contributed by atoms with Gasteiger partial charge in [0.05, 0.1) is 25.5 Å². The van der Waals surface area contributed by atoms with E-state index in [9.17, 15) is 0 Å². The van der Waals surface area contributed by atoms with Crippen LogP contribution >= 0.6 is 11.6 Å². The van der Waals surface area contributed by atoms with Gasteiger partial charge in [-0.2, -0.15) is 0 Å². The summed E-state index contributed by atoms with van der Waals surface area (Å²) in [6, 6.07) is 7.96. The van der Waals surface area contributed by atoms with Crippen molar-refractivity contribution in [1.29, 1.82) is 0 Å². The minimum Gasteiger partial charge on any atom is -0.439 e. The maximum absolute atomic E-state index is 5.90. The number of hydrogen-bond donors (Lipinski definition) is 0. The maximum atomic E-state index is 5.90. The Labute approximate surface area is 129 Å². The number of oxazole rings is 1. The van der Waals surface area contributed by atoms with Crippen molar-refractivity contribution in [1.82, 2.24) is 9.88 Å². The Bertz CT molecular complexity index is 597. The highest BCUT2D eigenvalue weighted by atomic mass is 35.5. The summed E-state index contributed by atoms with van der Waals surface area (Å²) in [6.07, 6.45) is 2.03. The smallest absolute Gasteiger partial charge is 0.209 e. The molecular weight excluding hydrogens is 288 g/mol. The monoisotopic (exact) mass is 306 g/mol. The van der Waals surface area contributed by atoms with Crippen molar-refractivity contribution in [2.45, 2.75) is 32.5 Å². The highest BCUT2D eigenvalue weighted by molar-refractivity contribution is 6.30. The van der Waals surface area contributed by atoms with Crippen LogP contribution in [0.15, 0.2) is 34.9 Å². The lowest BCUT2D eigenvalue weighted by Crippen LogP contribution is -2.46. The van der Waals surface area contributed by atoms with Crippen LogP contribution in [0.5, 0.6) is 0 Å². The van der Waals surface area contributed by atoms with Crippen LogP contribution in [-0.4, -0.2) is 35.2 Å². The van der Waals surface area contributed by atoms with Crippen molar-refractivity contribution >= 4 is 11.6 Å². The summed E-state index contributed by atoms with van der Waals surface area (Å²) in [6.45, 7) is 6.62. The Morgan fingerprint density at radius 2 is 2.05 bits per heavy atom. The molecule has 1 aliphatic heterocycles. The molecule has 5 heteroatoms. The van der Waals surface area contributed by atoms with E-state index in [0.29, 0.717) is 12.6 Å². The van der Waals surface area contributed by atoms with Gasteiger partial charge in [0.1, 0.15) is 0 Å². The largest absolute Gasteiger partial charge is 0.439 e. The van der Waals surface area contributed by atoms with Gasteiger partial charge in [0, 0.05) is 23.2 Å². The standard InChI is InChI=1S/C16H19ClN2O2/c1-11-10-20-12(2)8-19(11)9-16-18-7-15(21-16)13-3-5-14(17)6-4-13/h3-7,11-12H,8-10H2,1-2H3. The van der Waals surface area contributed by atoms with Gasteiger partial charge in [-0.05, 0) is 38.1 Å². The number of morpholine rings is 1. The lowest BCUT2D eigenvalue weighted by atomic mass is 10.2. The topological polar surface area (TPSA) is 38.5 Å². The fraction of sp³-hybridized carbons (Fsp3) is 0.438. The van der Waals surface area contributed by atoms with Gasteiger partial charge in [0.25, 0.3) is 0 Å². The number of halogens is 1. The van der Waals surface area contributed by atoms with E-state index in [-0.39, 0.29) is 6.10 Å². The van der Waals surface area contributed by atoms with Crippen molar-refractivity contribution < 1.29 is 9.15 Å². The zero-order valence-corrected chi connectivity index (χ0v) is 13.0. The average Bonchev–Trinajstić information content (AvgIpc) is 2.92. The van der Waals surface area contributed by atoms with Crippen molar-refractivity contribution in [2.24, 2.45) is 0 Å². The number of benzene rings is 1. The highest BCUT2D eigenvalue weighted by Gasteiger charge is 2.24. The van der Waals surface area contributed by atoms with Crippen LogP contribution in [0.2, 0.25) is 5.02 Å². The fourth-order valence-electron chi connectivity index (χ4n) is 2.50. The summed E-state index contributed by atoms with van der Waals surface area (Å²) >= 11 is 5.90. The normalized spacial score (nSPS) is 23.4.